The maximum Gasteiger partial charge on any atom is 0.0280 e. The first-order valence-electron chi connectivity index (χ1n) is 6.02. The molecule has 1 nitrogen and oxygen atoms in total. The molecule has 1 rings (SSSR count). The number of hydrogen-bond donors (Lipinski definition) is 1. The monoisotopic (exact) mass is 195 g/mol. The molecule has 82 valence electrons. The van der Waals surface area contributed by atoms with Crippen molar-refractivity contribution in [3.05, 3.63) is 11.6 Å². The molecule has 0 amide bonds. The second kappa shape index (κ2) is 5.55. The number of rotatable bonds is 4. The van der Waals surface area contributed by atoms with Gasteiger partial charge >= 0.3 is 0 Å². The summed E-state index contributed by atoms with van der Waals surface area (Å²) in [5.41, 5.74) is 1.44. The van der Waals surface area contributed by atoms with E-state index in [0.29, 0.717) is 6.04 Å². The molecule has 1 heteroatoms. The summed E-state index contributed by atoms with van der Waals surface area (Å²) in [6, 6.07) is 0.620. The van der Waals surface area contributed by atoms with Gasteiger partial charge in [0, 0.05) is 6.04 Å². The molecule has 3 unspecified atom stereocenters. The molecule has 14 heavy (non-hydrogen) atoms. The number of allylic oxidation sites excluding steroid dienone is 1. The fraction of sp³-hybridized carbons (Fsp3) is 0.846. The van der Waals surface area contributed by atoms with Crippen LogP contribution >= 0.6 is 0 Å². The van der Waals surface area contributed by atoms with Crippen LogP contribution in [0.2, 0.25) is 0 Å². The third-order valence-electron chi connectivity index (χ3n) is 3.20. The highest BCUT2D eigenvalue weighted by molar-refractivity contribution is 5.04. The molecule has 1 N–H and O–H groups in total. The zero-order chi connectivity index (χ0) is 10.6. The van der Waals surface area contributed by atoms with Crippen LogP contribution in [0.5, 0.6) is 0 Å². The van der Waals surface area contributed by atoms with Crippen LogP contribution < -0.4 is 5.32 Å². The van der Waals surface area contributed by atoms with Gasteiger partial charge in [-0.2, -0.15) is 0 Å². The van der Waals surface area contributed by atoms with Gasteiger partial charge in [-0.05, 0) is 45.1 Å². The fourth-order valence-corrected chi connectivity index (χ4v) is 2.53. The van der Waals surface area contributed by atoms with Crippen molar-refractivity contribution in [2.24, 2.45) is 11.8 Å². The molecular formula is C13H25N. The summed E-state index contributed by atoms with van der Waals surface area (Å²) in [7, 11) is 0. The van der Waals surface area contributed by atoms with Crippen molar-refractivity contribution in [2.45, 2.75) is 53.0 Å². The largest absolute Gasteiger partial charge is 0.311 e. The standard InChI is InChI=1S/C13H25N/c1-5-14-13(8-10(2)3)12-7-6-11(4)9-12/h8,11-14H,5-7,9H2,1-4H3. The second-order valence-electron chi connectivity index (χ2n) is 5.01. The molecule has 3 atom stereocenters. The first-order valence-corrected chi connectivity index (χ1v) is 6.02. The van der Waals surface area contributed by atoms with E-state index in [1.807, 2.05) is 0 Å². The normalized spacial score (nSPS) is 28.9. The lowest BCUT2D eigenvalue weighted by Crippen LogP contribution is -2.33. The fourth-order valence-electron chi connectivity index (χ4n) is 2.53. The smallest absolute Gasteiger partial charge is 0.0280 e. The molecule has 0 aromatic heterocycles. The summed E-state index contributed by atoms with van der Waals surface area (Å²) < 4.78 is 0. The van der Waals surface area contributed by atoms with Crippen molar-refractivity contribution >= 4 is 0 Å². The Bertz CT molecular complexity index is 191. The SMILES string of the molecule is CCNC(C=C(C)C)C1CCC(C)C1. The highest BCUT2D eigenvalue weighted by atomic mass is 14.9. The van der Waals surface area contributed by atoms with Gasteiger partial charge in [0.1, 0.15) is 0 Å². The van der Waals surface area contributed by atoms with Gasteiger partial charge in [0.05, 0.1) is 0 Å². The first-order chi connectivity index (χ1) is 6.63. The zero-order valence-electron chi connectivity index (χ0n) is 10.1. The van der Waals surface area contributed by atoms with Gasteiger partial charge in [-0.15, -0.1) is 0 Å². The Morgan fingerprint density at radius 3 is 2.57 bits per heavy atom. The van der Waals surface area contributed by atoms with Crippen LogP contribution in [-0.4, -0.2) is 12.6 Å². The Labute approximate surface area is 89.0 Å². The van der Waals surface area contributed by atoms with Crippen molar-refractivity contribution in [3.63, 3.8) is 0 Å². The van der Waals surface area contributed by atoms with E-state index >= 15 is 0 Å². The van der Waals surface area contributed by atoms with E-state index in [2.05, 4.69) is 39.1 Å². The molecule has 0 aromatic carbocycles. The second-order valence-corrected chi connectivity index (χ2v) is 5.01. The maximum atomic E-state index is 3.60. The van der Waals surface area contributed by atoms with Crippen LogP contribution in [-0.2, 0) is 0 Å². The van der Waals surface area contributed by atoms with Crippen LogP contribution in [0.3, 0.4) is 0 Å². The third-order valence-corrected chi connectivity index (χ3v) is 3.20. The minimum absolute atomic E-state index is 0.620. The Morgan fingerprint density at radius 2 is 2.14 bits per heavy atom. The number of likely N-dealkylation sites (N-methyl/N-ethyl adjacent to an activating group) is 1. The Balaban J connectivity index is 2.54. The van der Waals surface area contributed by atoms with Crippen LogP contribution in [0.15, 0.2) is 11.6 Å². The van der Waals surface area contributed by atoms with Gasteiger partial charge in [0.15, 0.2) is 0 Å². The van der Waals surface area contributed by atoms with Crippen molar-refractivity contribution in [3.8, 4) is 0 Å². The predicted molar refractivity (Wildman–Crippen MR) is 63.4 cm³/mol. The first kappa shape index (κ1) is 11.8. The number of nitrogens with one attached hydrogen (secondary N) is 1. The van der Waals surface area contributed by atoms with Crippen molar-refractivity contribution in [2.75, 3.05) is 6.54 Å². The lowest BCUT2D eigenvalue weighted by Gasteiger charge is -2.21. The van der Waals surface area contributed by atoms with E-state index in [0.717, 1.165) is 18.4 Å². The molecule has 0 radical (unpaired) electrons. The van der Waals surface area contributed by atoms with Crippen LogP contribution in [0, 0.1) is 11.8 Å². The summed E-state index contributed by atoms with van der Waals surface area (Å²) >= 11 is 0. The molecule has 1 fully saturated rings. The van der Waals surface area contributed by atoms with E-state index in [1.54, 1.807) is 0 Å². The van der Waals surface area contributed by atoms with Crippen molar-refractivity contribution in [1.29, 1.82) is 0 Å². The average molecular weight is 195 g/mol. The van der Waals surface area contributed by atoms with E-state index in [1.165, 1.54) is 24.8 Å². The molecule has 0 spiro atoms. The lowest BCUT2D eigenvalue weighted by atomic mass is 9.95. The maximum absolute atomic E-state index is 3.60. The van der Waals surface area contributed by atoms with Gasteiger partial charge in [-0.25, -0.2) is 0 Å². The van der Waals surface area contributed by atoms with E-state index in [-0.39, 0.29) is 0 Å². The number of hydrogen-bond acceptors (Lipinski definition) is 1. The van der Waals surface area contributed by atoms with E-state index in [4.69, 9.17) is 0 Å². The van der Waals surface area contributed by atoms with Crippen molar-refractivity contribution in [1.82, 2.24) is 5.32 Å². The molecular weight excluding hydrogens is 170 g/mol. The summed E-state index contributed by atoms with van der Waals surface area (Å²) in [6.45, 7) is 10.1. The quantitative estimate of drug-likeness (QED) is 0.678. The summed E-state index contributed by atoms with van der Waals surface area (Å²) in [4.78, 5) is 0. The van der Waals surface area contributed by atoms with Gasteiger partial charge in [-0.1, -0.05) is 31.9 Å². The van der Waals surface area contributed by atoms with Gasteiger partial charge in [0.2, 0.25) is 0 Å². The molecule has 0 saturated heterocycles. The molecule has 0 aliphatic heterocycles. The van der Waals surface area contributed by atoms with Crippen LogP contribution in [0.1, 0.15) is 47.0 Å². The summed E-state index contributed by atoms with van der Waals surface area (Å²) in [6.07, 6.45) is 6.64. The zero-order valence-corrected chi connectivity index (χ0v) is 10.1. The Kier molecular flexibility index (Phi) is 4.67. The van der Waals surface area contributed by atoms with Crippen molar-refractivity contribution < 1.29 is 0 Å². The molecule has 0 heterocycles. The predicted octanol–water partition coefficient (Wildman–Crippen LogP) is 3.37. The summed E-state index contributed by atoms with van der Waals surface area (Å²) in [5, 5.41) is 3.60. The molecule has 1 aliphatic rings. The molecule has 0 bridgehead atoms. The lowest BCUT2D eigenvalue weighted by molar-refractivity contribution is 0.408. The van der Waals surface area contributed by atoms with Gasteiger partial charge in [-0.3, -0.25) is 0 Å². The van der Waals surface area contributed by atoms with Gasteiger partial charge in [0.25, 0.3) is 0 Å². The highest BCUT2D eigenvalue weighted by Crippen LogP contribution is 2.33. The third kappa shape index (κ3) is 3.45. The molecule has 1 saturated carbocycles. The Hall–Kier alpha value is -0.300. The Morgan fingerprint density at radius 1 is 1.43 bits per heavy atom. The van der Waals surface area contributed by atoms with E-state index in [9.17, 15) is 0 Å². The summed E-state index contributed by atoms with van der Waals surface area (Å²) in [5.74, 6) is 1.81. The molecule has 0 aromatic rings. The highest BCUT2D eigenvalue weighted by Gasteiger charge is 2.26. The average Bonchev–Trinajstić information content (AvgIpc) is 2.50. The van der Waals surface area contributed by atoms with Crippen LogP contribution in [0.25, 0.3) is 0 Å². The molecule has 1 aliphatic carbocycles. The minimum atomic E-state index is 0.620. The van der Waals surface area contributed by atoms with Crippen LogP contribution in [0.4, 0.5) is 0 Å². The minimum Gasteiger partial charge on any atom is -0.311 e. The topological polar surface area (TPSA) is 12.0 Å². The van der Waals surface area contributed by atoms with E-state index < -0.39 is 0 Å². The van der Waals surface area contributed by atoms with Gasteiger partial charge < -0.3 is 5.32 Å².